The van der Waals surface area contributed by atoms with Crippen LogP contribution in [0.3, 0.4) is 0 Å². The molecule has 4 heterocycles. The number of carbonyl (C=O) groups excluding carboxylic acids is 3. The first-order valence-corrected chi connectivity index (χ1v) is 15.1. The number of ether oxygens (including phenoxy) is 2. The van der Waals surface area contributed by atoms with Gasteiger partial charge in [0.2, 0.25) is 0 Å². The van der Waals surface area contributed by atoms with Crippen molar-refractivity contribution in [2.24, 2.45) is 0 Å². The molecule has 6 bridgehead atoms. The molecule has 238 valence electrons. The Kier molecular flexibility index (Phi) is 7.98. The number of likely N-dealkylation sites (tertiary alicyclic amines) is 1. The summed E-state index contributed by atoms with van der Waals surface area (Å²) in [5.74, 6) is -1.46. The highest BCUT2D eigenvalue weighted by atomic mass is 19.1. The summed E-state index contributed by atoms with van der Waals surface area (Å²) in [6.07, 6.45) is 2.74. The SMILES string of the molecule is O=C1COc2cccc(c2)-c2cncc(c2)C(=O)N[C@@H]2CN(C(=O)c3cc4cc(F)ccc4[nH]3)CC[C@@H]2Oc2cc(F)cc(c2)CN1. The zero-order valence-corrected chi connectivity index (χ0v) is 25.0. The van der Waals surface area contributed by atoms with Gasteiger partial charge < -0.3 is 30.0 Å². The van der Waals surface area contributed by atoms with Gasteiger partial charge in [0, 0.05) is 61.0 Å². The van der Waals surface area contributed by atoms with Crippen molar-refractivity contribution in [2.75, 3.05) is 19.7 Å². The average Bonchev–Trinajstić information content (AvgIpc) is 3.50. The molecule has 0 saturated carbocycles. The Labute approximate surface area is 267 Å². The quantitative estimate of drug-likeness (QED) is 0.247. The van der Waals surface area contributed by atoms with Gasteiger partial charge in [-0.25, -0.2) is 8.78 Å². The van der Waals surface area contributed by atoms with Crippen LogP contribution >= 0.6 is 0 Å². The zero-order chi connectivity index (χ0) is 32.5. The predicted octanol–water partition coefficient (Wildman–Crippen LogP) is 4.61. The fourth-order valence-corrected chi connectivity index (χ4v) is 5.89. The number of nitrogens with one attached hydrogen (secondary N) is 3. The lowest BCUT2D eigenvalue weighted by molar-refractivity contribution is -0.123. The molecule has 3 aromatic carbocycles. The largest absolute Gasteiger partial charge is 0.488 e. The molecule has 2 aliphatic rings. The van der Waals surface area contributed by atoms with Crippen LogP contribution < -0.4 is 20.1 Å². The van der Waals surface area contributed by atoms with Crippen LogP contribution in [-0.2, 0) is 11.3 Å². The van der Waals surface area contributed by atoms with Gasteiger partial charge >= 0.3 is 0 Å². The number of aromatic amines is 1. The molecule has 2 aromatic heterocycles. The van der Waals surface area contributed by atoms with Gasteiger partial charge in [-0.2, -0.15) is 0 Å². The predicted molar refractivity (Wildman–Crippen MR) is 168 cm³/mol. The normalized spacial score (nSPS) is 18.4. The molecule has 0 aliphatic carbocycles. The summed E-state index contributed by atoms with van der Waals surface area (Å²) in [7, 11) is 0. The molecule has 7 rings (SSSR count). The summed E-state index contributed by atoms with van der Waals surface area (Å²) < 4.78 is 40.4. The third-order valence-corrected chi connectivity index (χ3v) is 8.21. The number of pyridine rings is 1. The van der Waals surface area contributed by atoms with Crippen molar-refractivity contribution in [2.45, 2.75) is 25.1 Å². The number of carbonyl (C=O) groups is 3. The van der Waals surface area contributed by atoms with E-state index in [2.05, 4.69) is 20.6 Å². The Hall–Kier alpha value is -5.78. The van der Waals surface area contributed by atoms with Gasteiger partial charge in [-0.1, -0.05) is 12.1 Å². The third-order valence-electron chi connectivity index (χ3n) is 8.21. The number of piperidine rings is 1. The Balaban J connectivity index is 1.21. The molecular weight excluding hydrogens is 608 g/mol. The summed E-state index contributed by atoms with van der Waals surface area (Å²) in [6, 6.07) is 18.0. The maximum Gasteiger partial charge on any atom is 0.270 e. The number of amides is 3. The Morgan fingerprint density at radius 1 is 0.894 bits per heavy atom. The molecule has 2 atom stereocenters. The van der Waals surface area contributed by atoms with E-state index < -0.39 is 35.6 Å². The Morgan fingerprint density at radius 2 is 1.77 bits per heavy atom. The maximum atomic E-state index is 14.7. The molecule has 5 aromatic rings. The van der Waals surface area contributed by atoms with Crippen molar-refractivity contribution in [3.8, 4) is 22.6 Å². The van der Waals surface area contributed by atoms with E-state index in [9.17, 15) is 23.2 Å². The second kappa shape index (κ2) is 12.5. The van der Waals surface area contributed by atoms with Crippen LogP contribution in [0.25, 0.3) is 22.0 Å². The first-order valence-electron chi connectivity index (χ1n) is 15.1. The second-order valence-corrected chi connectivity index (χ2v) is 11.5. The summed E-state index contributed by atoms with van der Waals surface area (Å²) >= 11 is 0. The number of hydrogen-bond acceptors (Lipinski definition) is 6. The molecule has 47 heavy (non-hydrogen) atoms. The van der Waals surface area contributed by atoms with Gasteiger partial charge in [-0.3, -0.25) is 19.4 Å². The summed E-state index contributed by atoms with van der Waals surface area (Å²) in [5.41, 5.74) is 3.03. The molecule has 0 unspecified atom stereocenters. The fraction of sp³-hybridized carbons (Fsp3) is 0.200. The highest BCUT2D eigenvalue weighted by molar-refractivity contribution is 5.98. The van der Waals surface area contributed by atoms with Gasteiger partial charge in [0.05, 0.1) is 11.6 Å². The summed E-state index contributed by atoms with van der Waals surface area (Å²) in [4.78, 5) is 48.8. The molecule has 2 aliphatic heterocycles. The van der Waals surface area contributed by atoms with E-state index in [-0.39, 0.29) is 49.2 Å². The maximum absolute atomic E-state index is 14.7. The van der Waals surface area contributed by atoms with E-state index >= 15 is 0 Å². The fourth-order valence-electron chi connectivity index (χ4n) is 5.89. The lowest BCUT2D eigenvalue weighted by Crippen LogP contribution is -2.58. The topological polar surface area (TPSA) is 126 Å². The molecule has 1 saturated heterocycles. The standard InChI is InChI=1S/C35H29F2N5O5/c36-25-4-5-29-22(11-25)13-30(40-29)35(45)42-7-6-32-31(18-42)41-34(44)24-10-23(16-38-17-24)21-2-1-3-27(12-21)46-19-33(43)39-15-20-8-26(37)14-28(9-20)47-32/h1-5,8-14,16-17,31-32,40H,6-7,15,18-19H2,(H,39,43)(H,41,44)/t31-,32+/m1/s1. The van der Waals surface area contributed by atoms with E-state index in [0.29, 0.717) is 34.2 Å². The highest BCUT2D eigenvalue weighted by Gasteiger charge is 2.35. The molecule has 1 fully saturated rings. The van der Waals surface area contributed by atoms with Gasteiger partial charge in [0.15, 0.2) is 6.61 Å². The molecule has 3 amide bonds. The van der Waals surface area contributed by atoms with Crippen molar-refractivity contribution < 1.29 is 32.6 Å². The Morgan fingerprint density at radius 3 is 2.66 bits per heavy atom. The molecule has 3 N–H and O–H groups in total. The van der Waals surface area contributed by atoms with Gasteiger partial charge in [0.25, 0.3) is 17.7 Å². The van der Waals surface area contributed by atoms with E-state index in [1.165, 1.54) is 30.5 Å². The van der Waals surface area contributed by atoms with Crippen LogP contribution in [0.1, 0.15) is 32.8 Å². The number of benzene rings is 3. The van der Waals surface area contributed by atoms with Crippen LogP contribution in [0, 0.1) is 11.6 Å². The first kappa shape index (κ1) is 29.9. The molecule has 10 nitrogen and oxygen atoms in total. The molecule has 12 heteroatoms. The lowest BCUT2D eigenvalue weighted by Gasteiger charge is -2.38. The monoisotopic (exact) mass is 637 g/mol. The number of rotatable bonds is 1. The molecular formula is C35H29F2N5O5. The summed E-state index contributed by atoms with van der Waals surface area (Å²) in [5, 5.41) is 6.31. The minimum atomic E-state index is -0.698. The van der Waals surface area contributed by atoms with Crippen molar-refractivity contribution in [3.63, 3.8) is 0 Å². The van der Waals surface area contributed by atoms with Gasteiger partial charge in [-0.15, -0.1) is 0 Å². The van der Waals surface area contributed by atoms with E-state index in [4.69, 9.17) is 9.47 Å². The summed E-state index contributed by atoms with van der Waals surface area (Å²) in [6.45, 7) is 0.154. The number of halogens is 2. The first-order chi connectivity index (χ1) is 22.8. The van der Waals surface area contributed by atoms with Crippen molar-refractivity contribution in [1.29, 1.82) is 0 Å². The number of fused-ring (bicyclic) bond motifs is 9. The van der Waals surface area contributed by atoms with Crippen LogP contribution in [0.4, 0.5) is 8.78 Å². The van der Waals surface area contributed by atoms with Crippen LogP contribution in [-0.4, -0.2) is 64.4 Å². The smallest absolute Gasteiger partial charge is 0.270 e. The van der Waals surface area contributed by atoms with Crippen molar-refractivity contribution >= 4 is 28.6 Å². The molecule has 0 spiro atoms. The Bertz CT molecular complexity index is 2010. The average molecular weight is 638 g/mol. The zero-order valence-electron chi connectivity index (χ0n) is 25.0. The minimum absolute atomic E-state index is 0.0371. The molecule has 0 radical (unpaired) electrons. The van der Waals surface area contributed by atoms with E-state index in [0.717, 1.165) is 5.56 Å². The van der Waals surface area contributed by atoms with Gasteiger partial charge in [0.1, 0.15) is 34.9 Å². The number of aromatic nitrogens is 2. The van der Waals surface area contributed by atoms with Crippen molar-refractivity contribution in [1.82, 2.24) is 25.5 Å². The van der Waals surface area contributed by atoms with Crippen LogP contribution in [0.5, 0.6) is 11.5 Å². The van der Waals surface area contributed by atoms with E-state index in [1.807, 2.05) is 6.07 Å². The van der Waals surface area contributed by atoms with Crippen LogP contribution in [0.15, 0.2) is 85.2 Å². The highest BCUT2D eigenvalue weighted by Crippen LogP contribution is 2.27. The van der Waals surface area contributed by atoms with Gasteiger partial charge in [-0.05, 0) is 65.7 Å². The van der Waals surface area contributed by atoms with Crippen LogP contribution in [0.2, 0.25) is 0 Å². The lowest BCUT2D eigenvalue weighted by atomic mass is 10.00. The second-order valence-electron chi connectivity index (χ2n) is 11.5. The third kappa shape index (κ3) is 6.62. The number of hydrogen-bond donors (Lipinski definition) is 3. The number of H-pyrrole nitrogens is 1. The van der Waals surface area contributed by atoms with Crippen molar-refractivity contribution in [3.05, 3.63) is 114 Å². The minimum Gasteiger partial charge on any atom is -0.488 e. The number of nitrogens with zero attached hydrogens (tertiary/aromatic N) is 2. The van der Waals surface area contributed by atoms with E-state index in [1.54, 1.807) is 53.6 Å².